The second kappa shape index (κ2) is 5.70. The molecule has 0 saturated carbocycles. The fourth-order valence-corrected chi connectivity index (χ4v) is 1.71. The summed E-state index contributed by atoms with van der Waals surface area (Å²) in [6.07, 6.45) is 4.31. The van der Waals surface area contributed by atoms with Crippen LogP contribution < -0.4 is 4.90 Å². The van der Waals surface area contributed by atoms with Crippen LogP contribution in [0.15, 0.2) is 29.3 Å². The molecule has 86 valence electrons. The molecule has 0 unspecified atom stereocenters. The lowest BCUT2D eigenvalue weighted by molar-refractivity contribution is -0.104. The Kier molecular flexibility index (Phi) is 4.55. The van der Waals surface area contributed by atoms with Gasteiger partial charge in [0.2, 0.25) is 0 Å². The van der Waals surface area contributed by atoms with Crippen molar-refractivity contribution in [2.24, 2.45) is 0 Å². The number of benzene rings is 1. The van der Waals surface area contributed by atoms with Gasteiger partial charge in [-0.3, -0.25) is 4.79 Å². The zero-order chi connectivity index (χ0) is 12.1. The molecule has 1 aromatic carbocycles. The summed E-state index contributed by atoms with van der Waals surface area (Å²) in [5.74, 6) is -0.280. The highest BCUT2D eigenvalue weighted by Crippen LogP contribution is 2.21. The van der Waals surface area contributed by atoms with Crippen LogP contribution in [0.5, 0.6) is 0 Å². The lowest BCUT2D eigenvalue weighted by atomic mass is 10.2. The summed E-state index contributed by atoms with van der Waals surface area (Å²) < 4.78 is 13.1. The number of halogens is 1. The van der Waals surface area contributed by atoms with Crippen LogP contribution in [0.2, 0.25) is 0 Å². The molecule has 0 aliphatic carbocycles. The first-order valence-corrected chi connectivity index (χ1v) is 6.01. The van der Waals surface area contributed by atoms with Crippen LogP contribution >= 0.6 is 11.8 Å². The largest absolute Gasteiger partial charge is 0.350 e. The normalized spacial score (nSPS) is 11.4. The van der Waals surface area contributed by atoms with Crippen molar-refractivity contribution in [1.82, 2.24) is 0 Å². The fraction of sp³-hybridized carbons (Fsp3) is 0.250. The van der Waals surface area contributed by atoms with Gasteiger partial charge in [-0.2, -0.15) is 0 Å². The second-order valence-electron chi connectivity index (χ2n) is 3.40. The Morgan fingerprint density at radius 1 is 1.50 bits per heavy atom. The molecule has 0 heterocycles. The van der Waals surface area contributed by atoms with Gasteiger partial charge in [0.25, 0.3) is 0 Å². The van der Waals surface area contributed by atoms with Crippen LogP contribution in [0.4, 0.5) is 10.1 Å². The van der Waals surface area contributed by atoms with E-state index in [0.717, 1.165) is 17.5 Å². The average molecular weight is 239 g/mol. The molecule has 0 saturated heterocycles. The maximum Gasteiger partial charge on any atom is 0.157 e. The van der Waals surface area contributed by atoms with Gasteiger partial charge in [-0.05, 0) is 30.9 Å². The highest BCUT2D eigenvalue weighted by Gasteiger charge is 2.05. The Balaban J connectivity index is 3.04. The summed E-state index contributed by atoms with van der Waals surface area (Å²) in [5.41, 5.74) is 1.72. The van der Waals surface area contributed by atoms with Crippen molar-refractivity contribution in [3.63, 3.8) is 0 Å². The van der Waals surface area contributed by atoms with E-state index in [2.05, 4.69) is 0 Å². The third kappa shape index (κ3) is 3.10. The van der Waals surface area contributed by atoms with E-state index in [4.69, 9.17) is 0 Å². The minimum absolute atomic E-state index is 0.280. The SMILES string of the molecule is CS/C(C=O)=C/N(C)c1cc(F)ccc1C. The van der Waals surface area contributed by atoms with Crippen molar-refractivity contribution in [3.8, 4) is 0 Å². The number of carbonyl (C=O) groups excluding carboxylic acids is 1. The Hall–Kier alpha value is -1.29. The van der Waals surface area contributed by atoms with E-state index in [1.165, 1.54) is 23.9 Å². The van der Waals surface area contributed by atoms with E-state index in [9.17, 15) is 9.18 Å². The maximum absolute atomic E-state index is 13.1. The van der Waals surface area contributed by atoms with E-state index in [1.54, 1.807) is 24.2 Å². The predicted molar refractivity (Wildman–Crippen MR) is 67.2 cm³/mol. The lowest BCUT2D eigenvalue weighted by Crippen LogP contribution is -2.11. The van der Waals surface area contributed by atoms with E-state index in [0.29, 0.717) is 4.91 Å². The molecule has 2 nitrogen and oxygen atoms in total. The number of allylic oxidation sites excluding steroid dienone is 1. The van der Waals surface area contributed by atoms with E-state index >= 15 is 0 Å². The van der Waals surface area contributed by atoms with Gasteiger partial charge < -0.3 is 4.90 Å². The maximum atomic E-state index is 13.1. The van der Waals surface area contributed by atoms with Crippen LogP contribution in [0.25, 0.3) is 0 Å². The number of aryl methyl sites for hydroxylation is 1. The monoisotopic (exact) mass is 239 g/mol. The van der Waals surface area contributed by atoms with Crippen molar-refractivity contribution in [2.75, 3.05) is 18.2 Å². The molecule has 0 N–H and O–H groups in total. The van der Waals surface area contributed by atoms with Crippen molar-refractivity contribution in [1.29, 1.82) is 0 Å². The molecule has 0 fully saturated rings. The number of aldehydes is 1. The first kappa shape index (κ1) is 12.8. The van der Waals surface area contributed by atoms with Gasteiger partial charge in [-0.1, -0.05) is 6.07 Å². The number of anilines is 1. The lowest BCUT2D eigenvalue weighted by Gasteiger charge is -2.17. The minimum Gasteiger partial charge on any atom is -0.350 e. The summed E-state index contributed by atoms with van der Waals surface area (Å²) >= 11 is 1.36. The number of thioether (sulfide) groups is 1. The molecular formula is C12H14FNOS. The number of rotatable bonds is 4. The molecule has 0 atom stereocenters. The standard InChI is InChI=1S/C12H14FNOS/c1-9-4-5-10(13)6-12(9)14(2)7-11(8-15)16-3/h4-8H,1-3H3/b11-7+. The molecule has 1 rings (SSSR count). The molecule has 0 amide bonds. The molecular weight excluding hydrogens is 225 g/mol. The topological polar surface area (TPSA) is 20.3 Å². The van der Waals surface area contributed by atoms with Gasteiger partial charge in [0.15, 0.2) is 6.29 Å². The molecule has 0 spiro atoms. The highest BCUT2D eigenvalue weighted by molar-refractivity contribution is 8.03. The fourth-order valence-electron chi connectivity index (χ4n) is 1.35. The predicted octanol–water partition coefficient (Wildman–Crippen LogP) is 2.97. The van der Waals surface area contributed by atoms with Gasteiger partial charge >= 0.3 is 0 Å². The molecule has 4 heteroatoms. The summed E-state index contributed by atoms with van der Waals surface area (Å²) in [4.78, 5) is 13.0. The van der Waals surface area contributed by atoms with Gasteiger partial charge in [-0.25, -0.2) is 4.39 Å². The van der Waals surface area contributed by atoms with Gasteiger partial charge in [0.1, 0.15) is 5.82 Å². The van der Waals surface area contributed by atoms with Crippen LogP contribution in [-0.2, 0) is 4.79 Å². The van der Waals surface area contributed by atoms with Gasteiger partial charge in [0.05, 0.1) is 4.91 Å². The van der Waals surface area contributed by atoms with Crippen molar-refractivity contribution < 1.29 is 9.18 Å². The second-order valence-corrected chi connectivity index (χ2v) is 4.27. The zero-order valence-electron chi connectivity index (χ0n) is 9.53. The third-order valence-electron chi connectivity index (χ3n) is 2.22. The van der Waals surface area contributed by atoms with Gasteiger partial charge in [-0.15, -0.1) is 11.8 Å². The Morgan fingerprint density at radius 3 is 2.75 bits per heavy atom. The molecule has 0 bridgehead atoms. The van der Waals surface area contributed by atoms with Crippen LogP contribution in [0, 0.1) is 12.7 Å². The summed E-state index contributed by atoms with van der Waals surface area (Å²) in [5, 5.41) is 0. The number of hydrogen-bond donors (Lipinski definition) is 0. The smallest absolute Gasteiger partial charge is 0.157 e. The van der Waals surface area contributed by atoms with Crippen LogP contribution in [0.3, 0.4) is 0 Å². The third-order valence-corrected chi connectivity index (χ3v) is 2.90. The Labute approximate surface area is 99.1 Å². The molecule has 16 heavy (non-hydrogen) atoms. The van der Waals surface area contributed by atoms with Crippen LogP contribution in [0.1, 0.15) is 5.56 Å². The first-order valence-electron chi connectivity index (χ1n) is 4.78. The summed E-state index contributed by atoms with van der Waals surface area (Å²) in [6.45, 7) is 1.90. The molecule has 1 aromatic rings. The average Bonchev–Trinajstić information content (AvgIpc) is 2.28. The molecule has 0 radical (unpaired) electrons. The molecule has 0 aromatic heterocycles. The number of hydrogen-bond acceptors (Lipinski definition) is 3. The van der Waals surface area contributed by atoms with Crippen molar-refractivity contribution in [3.05, 3.63) is 40.7 Å². The summed E-state index contributed by atoms with van der Waals surface area (Å²) in [7, 11) is 1.79. The van der Waals surface area contributed by atoms with Gasteiger partial charge in [0, 0.05) is 18.9 Å². The number of carbonyl (C=O) groups is 1. The quantitative estimate of drug-likeness (QED) is 0.595. The van der Waals surface area contributed by atoms with E-state index < -0.39 is 0 Å². The van der Waals surface area contributed by atoms with Crippen molar-refractivity contribution >= 4 is 23.7 Å². The number of nitrogens with zero attached hydrogens (tertiary/aromatic N) is 1. The Bertz CT molecular complexity index is 417. The minimum atomic E-state index is -0.280. The first-order chi connectivity index (χ1) is 7.58. The molecule has 0 aliphatic heterocycles. The Morgan fingerprint density at radius 2 is 2.19 bits per heavy atom. The molecule has 0 aliphatic rings. The van der Waals surface area contributed by atoms with E-state index in [-0.39, 0.29) is 5.82 Å². The summed E-state index contributed by atoms with van der Waals surface area (Å²) in [6, 6.07) is 4.59. The van der Waals surface area contributed by atoms with E-state index in [1.807, 2.05) is 13.2 Å². The zero-order valence-corrected chi connectivity index (χ0v) is 10.3. The highest BCUT2D eigenvalue weighted by atomic mass is 32.2. The van der Waals surface area contributed by atoms with Crippen LogP contribution in [-0.4, -0.2) is 19.6 Å². The van der Waals surface area contributed by atoms with Crippen molar-refractivity contribution in [2.45, 2.75) is 6.92 Å².